The molecule has 4 heteroatoms. The van der Waals surface area contributed by atoms with E-state index in [1.807, 2.05) is 36.4 Å². The van der Waals surface area contributed by atoms with Gasteiger partial charge >= 0.3 is 0 Å². The molecule has 8 aromatic carbocycles. The zero-order valence-electron chi connectivity index (χ0n) is 32.3. The molecule has 0 amide bonds. The van der Waals surface area contributed by atoms with E-state index in [1.54, 1.807) is 0 Å². The Morgan fingerprint density at radius 2 is 0.845 bits per heavy atom. The number of hydrogen-bond acceptors (Lipinski definition) is 3. The van der Waals surface area contributed by atoms with Crippen LogP contribution in [0.5, 0.6) is 0 Å². The molecule has 0 saturated heterocycles. The number of fused-ring (bicyclic) bond motifs is 6. The molecular formula is C54H38N4. The van der Waals surface area contributed by atoms with E-state index in [-0.39, 0.29) is 5.41 Å². The Morgan fingerprint density at radius 1 is 0.345 bits per heavy atom. The van der Waals surface area contributed by atoms with Crippen LogP contribution in [0.25, 0.3) is 95.0 Å². The molecule has 0 unspecified atom stereocenters. The fourth-order valence-electron chi connectivity index (χ4n) is 8.91. The number of rotatable bonds is 6. The van der Waals surface area contributed by atoms with Gasteiger partial charge in [-0.1, -0.05) is 166 Å². The van der Waals surface area contributed by atoms with E-state index in [9.17, 15) is 0 Å². The third kappa shape index (κ3) is 5.56. The molecular weight excluding hydrogens is 705 g/mol. The van der Waals surface area contributed by atoms with E-state index < -0.39 is 0 Å². The van der Waals surface area contributed by atoms with Crippen LogP contribution in [-0.4, -0.2) is 19.5 Å². The van der Waals surface area contributed by atoms with E-state index >= 15 is 0 Å². The minimum atomic E-state index is -0.153. The number of hydrogen-bond donors (Lipinski definition) is 0. The largest absolute Gasteiger partial charge is 0.309 e. The van der Waals surface area contributed by atoms with Crippen molar-refractivity contribution in [3.8, 4) is 73.2 Å². The Morgan fingerprint density at radius 3 is 1.47 bits per heavy atom. The molecule has 1 aliphatic carbocycles. The topological polar surface area (TPSA) is 43.6 Å². The Kier molecular flexibility index (Phi) is 7.80. The van der Waals surface area contributed by atoms with Crippen molar-refractivity contribution in [3.05, 3.63) is 205 Å². The molecule has 11 rings (SSSR count). The van der Waals surface area contributed by atoms with E-state index in [0.29, 0.717) is 17.5 Å². The highest BCUT2D eigenvalue weighted by atomic mass is 15.0. The Labute approximate surface area is 337 Å². The molecule has 10 aromatic rings. The summed E-state index contributed by atoms with van der Waals surface area (Å²) in [5, 5.41) is 2.44. The summed E-state index contributed by atoms with van der Waals surface area (Å²) >= 11 is 0. The van der Waals surface area contributed by atoms with E-state index in [0.717, 1.165) is 39.0 Å². The lowest BCUT2D eigenvalue weighted by Crippen LogP contribution is -2.15. The number of nitrogens with zero attached hydrogens (tertiary/aromatic N) is 4. The molecule has 58 heavy (non-hydrogen) atoms. The molecule has 0 fully saturated rings. The van der Waals surface area contributed by atoms with E-state index in [4.69, 9.17) is 15.0 Å². The molecule has 1 aliphatic rings. The van der Waals surface area contributed by atoms with Gasteiger partial charge in [0, 0.05) is 38.6 Å². The van der Waals surface area contributed by atoms with Gasteiger partial charge in [0.05, 0.1) is 11.0 Å². The van der Waals surface area contributed by atoms with Gasteiger partial charge in [0.2, 0.25) is 0 Å². The molecule has 0 aliphatic heterocycles. The first-order valence-electron chi connectivity index (χ1n) is 19.9. The first-order chi connectivity index (χ1) is 28.5. The quantitative estimate of drug-likeness (QED) is 0.170. The van der Waals surface area contributed by atoms with Gasteiger partial charge in [0.25, 0.3) is 0 Å². The number of benzene rings is 8. The van der Waals surface area contributed by atoms with Crippen LogP contribution in [0.4, 0.5) is 0 Å². The van der Waals surface area contributed by atoms with Crippen molar-refractivity contribution in [2.45, 2.75) is 19.3 Å². The molecule has 0 bridgehead atoms. The van der Waals surface area contributed by atoms with Crippen LogP contribution in [0.3, 0.4) is 0 Å². The Bertz CT molecular complexity index is 3110. The summed E-state index contributed by atoms with van der Waals surface area (Å²) in [7, 11) is 0. The predicted octanol–water partition coefficient (Wildman–Crippen LogP) is 13.6. The molecule has 274 valence electrons. The fraction of sp³-hybridized carbons (Fsp3) is 0.0556. The number of aromatic nitrogens is 4. The van der Waals surface area contributed by atoms with Gasteiger partial charge in [-0.25, -0.2) is 15.0 Å². The van der Waals surface area contributed by atoms with Crippen molar-refractivity contribution >= 4 is 21.8 Å². The molecule has 2 heterocycles. The maximum Gasteiger partial charge on any atom is 0.164 e. The molecule has 0 radical (unpaired) electrons. The van der Waals surface area contributed by atoms with Crippen LogP contribution in [0.1, 0.15) is 25.0 Å². The fourth-order valence-corrected chi connectivity index (χ4v) is 8.91. The zero-order chi connectivity index (χ0) is 38.8. The molecule has 0 N–H and O–H groups in total. The SMILES string of the molecule is CC1(C)c2ccccc2-c2cc3c4cc(-c5ccccc5)ccc4n(-c4cc(-c5ccccc5)cc(-c5nc(-c6ccccc6)nc(-c6ccccc6)n5)c4)c3cc21. The molecule has 4 nitrogen and oxygen atoms in total. The smallest absolute Gasteiger partial charge is 0.164 e. The van der Waals surface area contributed by atoms with Crippen molar-refractivity contribution in [3.63, 3.8) is 0 Å². The first kappa shape index (κ1) is 33.9. The zero-order valence-corrected chi connectivity index (χ0v) is 32.3. The van der Waals surface area contributed by atoms with Crippen molar-refractivity contribution < 1.29 is 0 Å². The van der Waals surface area contributed by atoms with Gasteiger partial charge in [-0.15, -0.1) is 0 Å². The lowest BCUT2D eigenvalue weighted by molar-refractivity contribution is 0.661. The van der Waals surface area contributed by atoms with Crippen molar-refractivity contribution in [2.24, 2.45) is 0 Å². The maximum atomic E-state index is 5.18. The third-order valence-corrected chi connectivity index (χ3v) is 11.8. The lowest BCUT2D eigenvalue weighted by atomic mass is 9.82. The van der Waals surface area contributed by atoms with Crippen LogP contribution in [-0.2, 0) is 5.41 Å². The van der Waals surface area contributed by atoms with Crippen molar-refractivity contribution in [2.75, 3.05) is 0 Å². The van der Waals surface area contributed by atoms with Crippen LogP contribution >= 0.6 is 0 Å². The van der Waals surface area contributed by atoms with Crippen LogP contribution < -0.4 is 0 Å². The standard InChI is InChI=1S/C54H38N4/c1-54(2)47-26-16-15-25-43(47)44-33-46-45-32-39(35-17-7-3-8-18-35)27-28-49(45)58(50(46)34-48(44)54)42-30-40(36-19-9-4-10-20-36)29-41(31-42)53-56-51(37-21-11-5-12-22-37)55-52(57-53)38-23-13-6-14-24-38/h3-34H,1-2H3. The second-order valence-electron chi connectivity index (χ2n) is 15.7. The first-order valence-corrected chi connectivity index (χ1v) is 19.9. The van der Waals surface area contributed by atoms with Gasteiger partial charge in [-0.05, 0) is 87.0 Å². The predicted molar refractivity (Wildman–Crippen MR) is 239 cm³/mol. The second-order valence-corrected chi connectivity index (χ2v) is 15.7. The van der Waals surface area contributed by atoms with E-state index in [1.165, 1.54) is 49.7 Å². The van der Waals surface area contributed by atoms with Crippen molar-refractivity contribution in [1.82, 2.24) is 19.5 Å². The molecule has 0 atom stereocenters. The highest BCUT2D eigenvalue weighted by Gasteiger charge is 2.36. The average Bonchev–Trinajstić information content (AvgIpc) is 3.73. The van der Waals surface area contributed by atoms with E-state index in [2.05, 4.69) is 176 Å². The van der Waals surface area contributed by atoms with Gasteiger partial charge in [-0.2, -0.15) is 0 Å². The highest BCUT2D eigenvalue weighted by Crippen LogP contribution is 2.51. The normalized spacial score (nSPS) is 12.8. The van der Waals surface area contributed by atoms with Gasteiger partial charge in [0.15, 0.2) is 17.5 Å². The van der Waals surface area contributed by atoms with Crippen LogP contribution in [0.2, 0.25) is 0 Å². The lowest BCUT2D eigenvalue weighted by Gasteiger charge is -2.22. The van der Waals surface area contributed by atoms with Gasteiger partial charge < -0.3 is 4.57 Å². The molecule has 0 saturated carbocycles. The van der Waals surface area contributed by atoms with Crippen LogP contribution in [0.15, 0.2) is 194 Å². The second kappa shape index (κ2) is 13.4. The highest BCUT2D eigenvalue weighted by molar-refractivity contribution is 6.13. The Hall–Kier alpha value is -7.43. The van der Waals surface area contributed by atoms with Crippen molar-refractivity contribution in [1.29, 1.82) is 0 Å². The summed E-state index contributed by atoms with van der Waals surface area (Å²) in [5.74, 6) is 1.90. The monoisotopic (exact) mass is 742 g/mol. The molecule has 0 spiro atoms. The third-order valence-electron chi connectivity index (χ3n) is 11.8. The minimum Gasteiger partial charge on any atom is -0.309 e. The summed E-state index contributed by atoms with van der Waals surface area (Å²) in [6, 6.07) is 69.1. The van der Waals surface area contributed by atoms with Crippen LogP contribution in [0, 0.1) is 0 Å². The summed E-state index contributed by atoms with van der Waals surface area (Å²) in [4.78, 5) is 15.4. The summed E-state index contributed by atoms with van der Waals surface area (Å²) in [6.45, 7) is 4.71. The minimum absolute atomic E-state index is 0.153. The molecule has 2 aromatic heterocycles. The van der Waals surface area contributed by atoms with Gasteiger partial charge in [0.1, 0.15) is 0 Å². The average molecular weight is 743 g/mol. The Balaban J connectivity index is 1.21. The van der Waals surface area contributed by atoms with Gasteiger partial charge in [-0.3, -0.25) is 0 Å². The maximum absolute atomic E-state index is 5.18. The summed E-state index contributed by atoms with van der Waals surface area (Å²) in [5.41, 5.74) is 15.9. The summed E-state index contributed by atoms with van der Waals surface area (Å²) < 4.78 is 2.45. The summed E-state index contributed by atoms with van der Waals surface area (Å²) in [6.07, 6.45) is 0.